The molecule has 1 saturated heterocycles. The Balaban J connectivity index is 2.12. The fourth-order valence-corrected chi connectivity index (χ4v) is 1.51. The normalized spacial score (nSPS) is 18.6. The Morgan fingerprint density at radius 1 is 1.38 bits per heavy atom. The van der Waals surface area contributed by atoms with Crippen molar-refractivity contribution in [3.8, 4) is 11.5 Å². The van der Waals surface area contributed by atoms with Crippen LogP contribution in [0.25, 0.3) is 0 Å². The first-order chi connectivity index (χ1) is 7.70. The van der Waals surface area contributed by atoms with Crippen LogP contribution in [0.5, 0.6) is 11.5 Å². The number of epoxide rings is 1. The third-order valence-electron chi connectivity index (χ3n) is 2.68. The van der Waals surface area contributed by atoms with Crippen LogP contribution < -0.4 is 9.47 Å². The van der Waals surface area contributed by atoms with Gasteiger partial charge in [0.1, 0.15) is 12.7 Å². The molecule has 0 spiro atoms. The molecule has 0 bridgehead atoms. The van der Waals surface area contributed by atoms with Crippen molar-refractivity contribution in [2.24, 2.45) is 0 Å². The highest BCUT2D eigenvalue weighted by molar-refractivity contribution is 5.43. The summed E-state index contributed by atoms with van der Waals surface area (Å²) in [5.74, 6) is 2.08. The first-order valence-corrected chi connectivity index (χ1v) is 5.63. The Morgan fingerprint density at radius 2 is 2.12 bits per heavy atom. The van der Waals surface area contributed by atoms with Gasteiger partial charge < -0.3 is 14.2 Å². The molecule has 1 aromatic carbocycles. The predicted octanol–water partition coefficient (Wildman–Crippen LogP) is 2.60. The maximum Gasteiger partial charge on any atom is 0.161 e. The Bertz CT molecular complexity index is 356. The lowest BCUT2D eigenvalue weighted by molar-refractivity contribution is 0.251. The molecule has 0 radical (unpaired) electrons. The molecule has 0 amide bonds. The Hall–Kier alpha value is -1.22. The second-order valence-electron chi connectivity index (χ2n) is 4.33. The van der Waals surface area contributed by atoms with Crippen LogP contribution in [-0.2, 0) is 4.74 Å². The van der Waals surface area contributed by atoms with E-state index in [-0.39, 0.29) is 6.10 Å². The van der Waals surface area contributed by atoms with E-state index in [0.717, 1.165) is 18.1 Å². The average molecular weight is 222 g/mol. The lowest BCUT2D eigenvalue weighted by Gasteiger charge is -2.13. The Labute approximate surface area is 96.3 Å². The van der Waals surface area contributed by atoms with E-state index >= 15 is 0 Å². The van der Waals surface area contributed by atoms with Crippen LogP contribution in [0.15, 0.2) is 18.2 Å². The van der Waals surface area contributed by atoms with Crippen LogP contribution in [0.1, 0.15) is 25.3 Å². The van der Waals surface area contributed by atoms with E-state index in [2.05, 4.69) is 19.9 Å². The summed E-state index contributed by atoms with van der Waals surface area (Å²) in [6.07, 6.45) is 0.271. The van der Waals surface area contributed by atoms with Crippen molar-refractivity contribution in [3.05, 3.63) is 23.8 Å². The van der Waals surface area contributed by atoms with Gasteiger partial charge in [-0.15, -0.1) is 0 Å². The minimum atomic E-state index is 0.271. The van der Waals surface area contributed by atoms with Crippen molar-refractivity contribution in [1.82, 2.24) is 0 Å². The second-order valence-corrected chi connectivity index (χ2v) is 4.33. The van der Waals surface area contributed by atoms with Gasteiger partial charge in [-0.05, 0) is 23.6 Å². The monoisotopic (exact) mass is 222 g/mol. The number of ether oxygens (including phenoxy) is 3. The Morgan fingerprint density at radius 3 is 2.69 bits per heavy atom. The Kier molecular flexibility index (Phi) is 3.34. The van der Waals surface area contributed by atoms with E-state index in [1.807, 2.05) is 12.1 Å². The summed E-state index contributed by atoms with van der Waals surface area (Å²) in [4.78, 5) is 0. The molecule has 0 saturated carbocycles. The molecule has 3 nitrogen and oxygen atoms in total. The topological polar surface area (TPSA) is 31.0 Å². The molecule has 16 heavy (non-hydrogen) atoms. The van der Waals surface area contributed by atoms with Crippen LogP contribution in [0, 0.1) is 0 Å². The minimum absolute atomic E-state index is 0.271. The molecule has 1 aliphatic rings. The molecule has 1 heterocycles. The third-order valence-corrected chi connectivity index (χ3v) is 2.68. The molecule has 3 heteroatoms. The molecule has 1 aromatic rings. The zero-order valence-electron chi connectivity index (χ0n) is 10.0. The summed E-state index contributed by atoms with van der Waals surface area (Å²) in [7, 11) is 1.66. The molecule has 0 N–H and O–H groups in total. The molecule has 0 aliphatic carbocycles. The van der Waals surface area contributed by atoms with Gasteiger partial charge in [-0.3, -0.25) is 0 Å². The summed E-state index contributed by atoms with van der Waals surface area (Å²) in [5.41, 5.74) is 1.26. The van der Waals surface area contributed by atoms with E-state index < -0.39 is 0 Å². The van der Waals surface area contributed by atoms with Gasteiger partial charge in [-0.25, -0.2) is 0 Å². The van der Waals surface area contributed by atoms with Crippen LogP contribution in [0.3, 0.4) is 0 Å². The number of benzene rings is 1. The summed E-state index contributed by atoms with van der Waals surface area (Å²) < 4.78 is 16.1. The van der Waals surface area contributed by atoms with E-state index in [4.69, 9.17) is 14.2 Å². The largest absolute Gasteiger partial charge is 0.493 e. The summed E-state index contributed by atoms with van der Waals surface area (Å²) in [6, 6.07) is 6.08. The molecule has 0 aromatic heterocycles. The van der Waals surface area contributed by atoms with Crippen molar-refractivity contribution in [2.75, 3.05) is 20.3 Å². The van der Waals surface area contributed by atoms with E-state index in [9.17, 15) is 0 Å². The number of methoxy groups -OCH3 is 1. The predicted molar refractivity (Wildman–Crippen MR) is 62.3 cm³/mol. The van der Waals surface area contributed by atoms with E-state index in [0.29, 0.717) is 12.5 Å². The highest BCUT2D eigenvalue weighted by atomic mass is 16.6. The fraction of sp³-hybridized carbons (Fsp3) is 0.538. The quantitative estimate of drug-likeness (QED) is 0.717. The smallest absolute Gasteiger partial charge is 0.161 e. The summed E-state index contributed by atoms with van der Waals surface area (Å²) in [5, 5.41) is 0. The maximum absolute atomic E-state index is 5.69. The van der Waals surface area contributed by atoms with Gasteiger partial charge in [0, 0.05) is 0 Å². The van der Waals surface area contributed by atoms with Gasteiger partial charge >= 0.3 is 0 Å². The molecular weight excluding hydrogens is 204 g/mol. The van der Waals surface area contributed by atoms with Crippen molar-refractivity contribution >= 4 is 0 Å². The molecule has 1 fully saturated rings. The van der Waals surface area contributed by atoms with Crippen molar-refractivity contribution in [3.63, 3.8) is 0 Å². The first kappa shape index (κ1) is 11.3. The maximum atomic E-state index is 5.69. The zero-order valence-corrected chi connectivity index (χ0v) is 10.0. The molecule has 88 valence electrons. The minimum Gasteiger partial charge on any atom is -0.493 e. The number of hydrogen-bond donors (Lipinski definition) is 0. The lowest BCUT2D eigenvalue weighted by atomic mass is 10.0. The van der Waals surface area contributed by atoms with Crippen LogP contribution in [-0.4, -0.2) is 26.4 Å². The number of rotatable bonds is 5. The van der Waals surface area contributed by atoms with Gasteiger partial charge in [-0.2, -0.15) is 0 Å². The SMILES string of the molecule is COc1ccc(C(C)C)cc1OCC1CO1. The summed E-state index contributed by atoms with van der Waals surface area (Å²) >= 11 is 0. The molecular formula is C13H18O3. The standard InChI is InChI=1S/C13H18O3/c1-9(2)10-4-5-12(14-3)13(6-10)16-8-11-7-15-11/h4-6,9,11H,7-8H2,1-3H3. The van der Waals surface area contributed by atoms with Crippen LogP contribution >= 0.6 is 0 Å². The van der Waals surface area contributed by atoms with Crippen molar-refractivity contribution < 1.29 is 14.2 Å². The fourth-order valence-electron chi connectivity index (χ4n) is 1.51. The van der Waals surface area contributed by atoms with Gasteiger partial charge in [0.05, 0.1) is 13.7 Å². The van der Waals surface area contributed by atoms with Crippen LogP contribution in [0.2, 0.25) is 0 Å². The number of hydrogen-bond acceptors (Lipinski definition) is 3. The summed E-state index contributed by atoms with van der Waals surface area (Å²) in [6.45, 7) is 5.75. The van der Waals surface area contributed by atoms with Gasteiger partial charge in [0.2, 0.25) is 0 Å². The molecule has 1 unspecified atom stereocenters. The van der Waals surface area contributed by atoms with Gasteiger partial charge in [-0.1, -0.05) is 19.9 Å². The first-order valence-electron chi connectivity index (χ1n) is 5.63. The highest BCUT2D eigenvalue weighted by Gasteiger charge is 2.23. The highest BCUT2D eigenvalue weighted by Crippen LogP contribution is 2.31. The van der Waals surface area contributed by atoms with E-state index in [1.54, 1.807) is 7.11 Å². The third kappa shape index (κ3) is 2.67. The van der Waals surface area contributed by atoms with Gasteiger partial charge in [0.25, 0.3) is 0 Å². The lowest BCUT2D eigenvalue weighted by Crippen LogP contribution is -2.05. The van der Waals surface area contributed by atoms with E-state index in [1.165, 1.54) is 5.56 Å². The molecule has 1 aliphatic heterocycles. The average Bonchev–Trinajstić information content (AvgIpc) is 3.09. The molecule has 1 atom stereocenters. The van der Waals surface area contributed by atoms with Crippen molar-refractivity contribution in [2.45, 2.75) is 25.9 Å². The molecule has 2 rings (SSSR count). The zero-order chi connectivity index (χ0) is 11.5. The second kappa shape index (κ2) is 4.74. The van der Waals surface area contributed by atoms with Crippen molar-refractivity contribution in [1.29, 1.82) is 0 Å². The van der Waals surface area contributed by atoms with Crippen LogP contribution in [0.4, 0.5) is 0 Å². The van der Waals surface area contributed by atoms with Gasteiger partial charge in [0.15, 0.2) is 11.5 Å².